The number of hydrogen-bond donors (Lipinski definition) is 1. The van der Waals surface area contributed by atoms with Gasteiger partial charge in [0, 0.05) is 6.54 Å². The van der Waals surface area contributed by atoms with Crippen LogP contribution in [0.5, 0.6) is 5.75 Å². The predicted octanol–water partition coefficient (Wildman–Crippen LogP) is 1.45. The summed E-state index contributed by atoms with van der Waals surface area (Å²) in [5.74, 6) is 0.209. The standard InChI is InChI=1S/C11H13NO3/c1-14-10-8(11(13)15-2)4-3-7-5-6-12-9(7)10/h3-4,12H,5-6H2,1-2H3. The predicted molar refractivity (Wildman–Crippen MR) is 56.5 cm³/mol. The Morgan fingerprint density at radius 3 is 2.87 bits per heavy atom. The number of nitrogens with one attached hydrogen (secondary N) is 1. The molecule has 80 valence electrons. The summed E-state index contributed by atoms with van der Waals surface area (Å²) in [6.45, 7) is 0.885. The van der Waals surface area contributed by atoms with E-state index in [2.05, 4.69) is 5.32 Å². The van der Waals surface area contributed by atoms with E-state index in [1.807, 2.05) is 6.07 Å². The Kier molecular flexibility index (Phi) is 2.49. The van der Waals surface area contributed by atoms with E-state index in [4.69, 9.17) is 9.47 Å². The van der Waals surface area contributed by atoms with Gasteiger partial charge in [-0.25, -0.2) is 4.79 Å². The molecule has 0 amide bonds. The lowest BCUT2D eigenvalue weighted by atomic mass is 10.1. The molecule has 0 spiro atoms. The Labute approximate surface area is 88.2 Å². The maximum Gasteiger partial charge on any atom is 0.341 e. The van der Waals surface area contributed by atoms with Crippen molar-refractivity contribution >= 4 is 11.7 Å². The summed E-state index contributed by atoms with van der Waals surface area (Å²) in [7, 11) is 2.92. The lowest BCUT2D eigenvalue weighted by molar-refractivity contribution is 0.0597. The van der Waals surface area contributed by atoms with Crippen molar-refractivity contribution in [2.24, 2.45) is 0 Å². The third-order valence-electron chi connectivity index (χ3n) is 2.55. The number of hydrogen-bond acceptors (Lipinski definition) is 4. The molecule has 1 aliphatic rings. The van der Waals surface area contributed by atoms with E-state index in [1.165, 1.54) is 12.7 Å². The second-order valence-corrected chi connectivity index (χ2v) is 3.35. The van der Waals surface area contributed by atoms with Crippen molar-refractivity contribution in [1.29, 1.82) is 0 Å². The molecule has 1 heterocycles. The van der Waals surface area contributed by atoms with Crippen LogP contribution in [0, 0.1) is 0 Å². The highest BCUT2D eigenvalue weighted by Crippen LogP contribution is 2.36. The summed E-state index contributed by atoms with van der Waals surface area (Å²) in [5, 5.41) is 3.21. The van der Waals surface area contributed by atoms with Gasteiger partial charge in [-0.05, 0) is 18.1 Å². The van der Waals surface area contributed by atoms with Crippen LogP contribution in [-0.4, -0.2) is 26.7 Å². The Hall–Kier alpha value is -1.71. The van der Waals surface area contributed by atoms with Crippen molar-refractivity contribution in [3.05, 3.63) is 23.3 Å². The van der Waals surface area contributed by atoms with Crippen molar-refractivity contribution in [3.63, 3.8) is 0 Å². The van der Waals surface area contributed by atoms with E-state index in [0.29, 0.717) is 11.3 Å². The van der Waals surface area contributed by atoms with E-state index in [0.717, 1.165) is 18.7 Å². The number of benzene rings is 1. The Morgan fingerprint density at radius 2 is 2.20 bits per heavy atom. The number of carbonyl (C=O) groups excluding carboxylic acids is 1. The van der Waals surface area contributed by atoms with Crippen LogP contribution in [0.3, 0.4) is 0 Å². The van der Waals surface area contributed by atoms with Crippen molar-refractivity contribution in [1.82, 2.24) is 0 Å². The van der Waals surface area contributed by atoms with Crippen LogP contribution in [0.1, 0.15) is 15.9 Å². The molecular formula is C11H13NO3. The summed E-state index contributed by atoms with van der Waals surface area (Å²) < 4.78 is 9.94. The molecule has 0 saturated heterocycles. The summed E-state index contributed by atoms with van der Waals surface area (Å²) in [4.78, 5) is 11.5. The highest BCUT2D eigenvalue weighted by Gasteiger charge is 2.21. The molecule has 0 fully saturated rings. The molecule has 1 aliphatic heterocycles. The Morgan fingerprint density at radius 1 is 1.40 bits per heavy atom. The van der Waals surface area contributed by atoms with Crippen molar-refractivity contribution in [3.8, 4) is 5.75 Å². The summed E-state index contributed by atoms with van der Waals surface area (Å²) in [6, 6.07) is 3.68. The number of anilines is 1. The average Bonchev–Trinajstić information content (AvgIpc) is 2.74. The number of esters is 1. The van der Waals surface area contributed by atoms with E-state index in [9.17, 15) is 4.79 Å². The molecule has 0 radical (unpaired) electrons. The summed E-state index contributed by atoms with van der Waals surface area (Å²) in [6.07, 6.45) is 0.965. The van der Waals surface area contributed by atoms with Gasteiger partial charge >= 0.3 is 5.97 Å². The van der Waals surface area contributed by atoms with Crippen molar-refractivity contribution in [2.45, 2.75) is 6.42 Å². The largest absolute Gasteiger partial charge is 0.494 e. The molecule has 0 aromatic heterocycles. The fourth-order valence-electron chi connectivity index (χ4n) is 1.83. The minimum absolute atomic E-state index is 0.372. The lowest BCUT2D eigenvalue weighted by Gasteiger charge is -2.11. The Balaban J connectivity index is 2.52. The molecule has 1 aromatic rings. The zero-order valence-electron chi connectivity index (χ0n) is 8.79. The van der Waals surface area contributed by atoms with Crippen molar-refractivity contribution in [2.75, 3.05) is 26.1 Å². The van der Waals surface area contributed by atoms with E-state index in [-0.39, 0.29) is 5.97 Å². The van der Waals surface area contributed by atoms with Gasteiger partial charge in [0.05, 0.1) is 19.9 Å². The summed E-state index contributed by atoms with van der Waals surface area (Å²) in [5.41, 5.74) is 2.56. The second kappa shape index (κ2) is 3.81. The normalized spacial score (nSPS) is 12.9. The first kappa shape index (κ1) is 9.83. The van der Waals surface area contributed by atoms with Crippen LogP contribution in [0.15, 0.2) is 12.1 Å². The molecular weight excluding hydrogens is 194 g/mol. The Bertz CT molecular complexity index is 401. The van der Waals surface area contributed by atoms with Gasteiger partial charge < -0.3 is 14.8 Å². The maximum atomic E-state index is 11.5. The van der Waals surface area contributed by atoms with Gasteiger partial charge in [0.1, 0.15) is 5.56 Å². The van der Waals surface area contributed by atoms with Crippen molar-refractivity contribution < 1.29 is 14.3 Å². The number of carbonyl (C=O) groups is 1. The van der Waals surface area contributed by atoms with Crippen LogP contribution < -0.4 is 10.1 Å². The smallest absolute Gasteiger partial charge is 0.341 e. The molecule has 0 aliphatic carbocycles. The van der Waals surface area contributed by atoms with Crippen LogP contribution in [0.4, 0.5) is 5.69 Å². The molecule has 0 saturated carbocycles. The maximum absolute atomic E-state index is 11.5. The fourth-order valence-corrected chi connectivity index (χ4v) is 1.83. The minimum Gasteiger partial charge on any atom is -0.494 e. The second-order valence-electron chi connectivity index (χ2n) is 3.35. The van der Waals surface area contributed by atoms with Gasteiger partial charge in [0.15, 0.2) is 5.75 Å². The zero-order chi connectivity index (χ0) is 10.8. The van der Waals surface area contributed by atoms with E-state index >= 15 is 0 Å². The first-order chi connectivity index (χ1) is 7.27. The number of fused-ring (bicyclic) bond motifs is 1. The molecule has 0 unspecified atom stereocenters. The SMILES string of the molecule is COC(=O)c1ccc2c(c1OC)NCC2. The molecule has 0 bridgehead atoms. The van der Waals surface area contributed by atoms with Gasteiger partial charge in [-0.15, -0.1) is 0 Å². The highest BCUT2D eigenvalue weighted by atomic mass is 16.5. The molecule has 2 rings (SSSR count). The third-order valence-corrected chi connectivity index (χ3v) is 2.55. The van der Waals surface area contributed by atoms with Gasteiger partial charge in [0.2, 0.25) is 0 Å². The van der Waals surface area contributed by atoms with Gasteiger partial charge in [0.25, 0.3) is 0 Å². The third kappa shape index (κ3) is 1.52. The quantitative estimate of drug-likeness (QED) is 0.746. The first-order valence-electron chi connectivity index (χ1n) is 4.80. The molecule has 4 heteroatoms. The van der Waals surface area contributed by atoms with Gasteiger partial charge in [-0.3, -0.25) is 0 Å². The van der Waals surface area contributed by atoms with Gasteiger partial charge in [-0.1, -0.05) is 6.07 Å². The zero-order valence-corrected chi connectivity index (χ0v) is 8.79. The first-order valence-corrected chi connectivity index (χ1v) is 4.80. The fraction of sp³-hybridized carbons (Fsp3) is 0.364. The van der Waals surface area contributed by atoms with Gasteiger partial charge in [-0.2, -0.15) is 0 Å². The minimum atomic E-state index is -0.372. The topological polar surface area (TPSA) is 47.6 Å². The van der Waals surface area contributed by atoms with E-state index < -0.39 is 0 Å². The lowest BCUT2D eigenvalue weighted by Crippen LogP contribution is -2.05. The van der Waals surface area contributed by atoms with Crippen LogP contribution in [0.25, 0.3) is 0 Å². The van der Waals surface area contributed by atoms with Crippen LogP contribution >= 0.6 is 0 Å². The average molecular weight is 207 g/mol. The number of ether oxygens (including phenoxy) is 2. The molecule has 1 N–H and O–H groups in total. The summed E-state index contributed by atoms with van der Waals surface area (Å²) >= 11 is 0. The van der Waals surface area contributed by atoms with E-state index in [1.54, 1.807) is 13.2 Å². The van der Waals surface area contributed by atoms with Crippen LogP contribution in [0.2, 0.25) is 0 Å². The molecule has 1 aromatic carbocycles. The molecule has 4 nitrogen and oxygen atoms in total. The molecule has 0 atom stereocenters. The number of methoxy groups -OCH3 is 2. The van der Waals surface area contributed by atoms with Crippen LogP contribution in [-0.2, 0) is 11.2 Å². The number of rotatable bonds is 2. The molecule has 15 heavy (non-hydrogen) atoms. The highest BCUT2D eigenvalue weighted by molar-refractivity contribution is 5.95. The monoisotopic (exact) mass is 207 g/mol.